The number of rotatable bonds is 9. The van der Waals surface area contributed by atoms with Gasteiger partial charge in [0, 0.05) is 27.2 Å². The second-order valence-corrected chi connectivity index (χ2v) is 5.54. The summed E-state index contributed by atoms with van der Waals surface area (Å²) in [5, 5.41) is 0. The van der Waals surface area contributed by atoms with Crippen LogP contribution in [0.2, 0.25) is 0 Å². The number of carbonyl (C=O) groups is 1. The van der Waals surface area contributed by atoms with Crippen molar-refractivity contribution in [3.8, 4) is 0 Å². The van der Waals surface area contributed by atoms with Gasteiger partial charge in [0.2, 0.25) is 5.91 Å². The SMILES string of the molecule is COCCN(C(=O)CC1(CS)CC1)C(C)COC. The molecule has 0 radical (unpaired) electrons. The minimum atomic E-state index is 0.0911. The van der Waals surface area contributed by atoms with Gasteiger partial charge < -0.3 is 14.4 Å². The molecule has 0 saturated heterocycles. The molecule has 0 aromatic carbocycles. The summed E-state index contributed by atoms with van der Waals surface area (Å²) in [6.45, 7) is 3.76. The van der Waals surface area contributed by atoms with Crippen molar-refractivity contribution in [3.63, 3.8) is 0 Å². The number of nitrogens with zero attached hydrogens (tertiary/aromatic N) is 1. The standard InChI is InChI=1S/C13H25NO3S/c1-11(9-17-3)14(6-7-16-2)12(15)8-13(10-18)4-5-13/h11,18H,4-10H2,1-3H3. The highest BCUT2D eigenvalue weighted by molar-refractivity contribution is 7.80. The highest BCUT2D eigenvalue weighted by atomic mass is 32.1. The third-order valence-electron chi connectivity index (χ3n) is 3.62. The van der Waals surface area contributed by atoms with Gasteiger partial charge in [-0.3, -0.25) is 4.79 Å². The average molecular weight is 275 g/mol. The zero-order valence-electron chi connectivity index (χ0n) is 11.6. The smallest absolute Gasteiger partial charge is 0.223 e. The van der Waals surface area contributed by atoms with Crippen molar-refractivity contribution < 1.29 is 14.3 Å². The van der Waals surface area contributed by atoms with Gasteiger partial charge in [0.1, 0.15) is 0 Å². The van der Waals surface area contributed by atoms with Crippen LogP contribution in [0.15, 0.2) is 0 Å². The maximum atomic E-state index is 12.4. The summed E-state index contributed by atoms with van der Waals surface area (Å²) in [6, 6.07) is 0.0911. The lowest BCUT2D eigenvalue weighted by molar-refractivity contribution is -0.136. The molecule has 4 nitrogen and oxygen atoms in total. The molecule has 0 heterocycles. The molecule has 106 valence electrons. The van der Waals surface area contributed by atoms with E-state index in [9.17, 15) is 4.79 Å². The Morgan fingerprint density at radius 1 is 1.39 bits per heavy atom. The maximum Gasteiger partial charge on any atom is 0.223 e. The van der Waals surface area contributed by atoms with Crippen molar-refractivity contribution in [2.45, 2.75) is 32.2 Å². The molecule has 1 amide bonds. The first kappa shape index (κ1) is 15.8. The summed E-state index contributed by atoms with van der Waals surface area (Å²) in [6.07, 6.45) is 2.85. The largest absolute Gasteiger partial charge is 0.383 e. The Morgan fingerprint density at radius 2 is 2.06 bits per heavy atom. The molecule has 0 aliphatic heterocycles. The number of ether oxygens (including phenoxy) is 2. The lowest BCUT2D eigenvalue weighted by Gasteiger charge is -2.30. The van der Waals surface area contributed by atoms with E-state index in [1.807, 2.05) is 11.8 Å². The van der Waals surface area contributed by atoms with Crippen LogP contribution < -0.4 is 0 Å². The minimum absolute atomic E-state index is 0.0911. The molecule has 1 rings (SSSR count). The van der Waals surface area contributed by atoms with E-state index in [1.165, 1.54) is 0 Å². The van der Waals surface area contributed by atoms with Gasteiger partial charge in [-0.25, -0.2) is 0 Å². The molecule has 0 aromatic heterocycles. The normalized spacial score (nSPS) is 18.4. The third-order valence-corrected chi connectivity index (χ3v) is 4.29. The monoisotopic (exact) mass is 275 g/mol. The fraction of sp³-hybridized carbons (Fsp3) is 0.923. The second-order valence-electron chi connectivity index (χ2n) is 5.22. The van der Waals surface area contributed by atoms with Gasteiger partial charge in [0.15, 0.2) is 0 Å². The fourth-order valence-electron chi connectivity index (χ4n) is 2.10. The molecule has 1 saturated carbocycles. The van der Waals surface area contributed by atoms with Crippen molar-refractivity contribution in [3.05, 3.63) is 0 Å². The van der Waals surface area contributed by atoms with E-state index in [4.69, 9.17) is 9.47 Å². The summed E-state index contributed by atoms with van der Waals surface area (Å²) >= 11 is 4.35. The topological polar surface area (TPSA) is 38.8 Å². The van der Waals surface area contributed by atoms with E-state index in [0.717, 1.165) is 18.6 Å². The number of methoxy groups -OCH3 is 2. The van der Waals surface area contributed by atoms with Gasteiger partial charge in [-0.2, -0.15) is 12.6 Å². The highest BCUT2D eigenvalue weighted by Crippen LogP contribution is 2.49. The molecular weight excluding hydrogens is 250 g/mol. The average Bonchev–Trinajstić information content (AvgIpc) is 3.10. The quantitative estimate of drug-likeness (QED) is 0.650. The Hall–Kier alpha value is -0.260. The van der Waals surface area contributed by atoms with Crippen molar-refractivity contribution in [2.75, 3.05) is 39.7 Å². The molecule has 1 unspecified atom stereocenters. The Balaban J connectivity index is 2.54. The van der Waals surface area contributed by atoms with E-state index in [2.05, 4.69) is 12.6 Å². The van der Waals surface area contributed by atoms with Crippen LogP contribution in [0.3, 0.4) is 0 Å². The van der Waals surface area contributed by atoms with Gasteiger partial charge in [-0.15, -0.1) is 0 Å². The van der Waals surface area contributed by atoms with Crippen LogP contribution in [0.1, 0.15) is 26.2 Å². The first-order valence-corrected chi connectivity index (χ1v) is 7.10. The van der Waals surface area contributed by atoms with Gasteiger partial charge >= 0.3 is 0 Å². The predicted octanol–water partition coefficient (Wildman–Crippen LogP) is 1.60. The zero-order chi connectivity index (χ0) is 13.6. The molecule has 1 atom stereocenters. The van der Waals surface area contributed by atoms with Crippen LogP contribution in [0.5, 0.6) is 0 Å². The summed E-state index contributed by atoms with van der Waals surface area (Å²) in [5.74, 6) is 0.998. The summed E-state index contributed by atoms with van der Waals surface area (Å²) in [5.41, 5.74) is 0.165. The molecule has 1 aliphatic rings. The molecule has 0 bridgehead atoms. The van der Waals surface area contributed by atoms with Crippen LogP contribution in [0, 0.1) is 5.41 Å². The number of amides is 1. The summed E-state index contributed by atoms with van der Waals surface area (Å²) in [7, 11) is 3.31. The van der Waals surface area contributed by atoms with Gasteiger partial charge in [-0.1, -0.05) is 0 Å². The van der Waals surface area contributed by atoms with Crippen LogP contribution in [-0.2, 0) is 14.3 Å². The number of hydrogen-bond acceptors (Lipinski definition) is 4. The molecular formula is C13H25NO3S. The van der Waals surface area contributed by atoms with Crippen molar-refractivity contribution in [1.29, 1.82) is 0 Å². The second kappa shape index (κ2) is 7.36. The predicted molar refractivity (Wildman–Crippen MR) is 75.1 cm³/mol. The van der Waals surface area contributed by atoms with Crippen molar-refractivity contribution in [2.24, 2.45) is 5.41 Å². The van der Waals surface area contributed by atoms with E-state index >= 15 is 0 Å². The number of thiol groups is 1. The van der Waals surface area contributed by atoms with E-state index in [0.29, 0.717) is 26.2 Å². The highest BCUT2D eigenvalue weighted by Gasteiger charge is 2.44. The molecule has 0 N–H and O–H groups in total. The van der Waals surface area contributed by atoms with Crippen LogP contribution in [0.25, 0.3) is 0 Å². The third kappa shape index (κ3) is 4.44. The zero-order valence-corrected chi connectivity index (χ0v) is 12.5. The van der Waals surface area contributed by atoms with Gasteiger partial charge in [-0.05, 0) is 30.9 Å². The molecule has 1 aliphatic carbocycles. The van der Waals surface area contributed by atoms with Crippen molar-refractivity contribution in [1.82, 2.24) is 4.90 Å². The molecule has 1 fully saturated rings. The number of hydrogen-bond donors (Lipinski definition) is 1. The van der Waals surface area contributed by atoms with Crippen LogP contribution >= 0.6 is 12.6 Å². The number of carbonyl (C=O) groups excluding carboxylic acids is 1. The fourth-order valence-corrected chi connectivity index (χ4v) is 2.53. The molecule has 5 heteroatoms. The molecule has 0 spiro atoms. The summed E-state index contributed by atoms with van der Waals surface area (Å²) in [4.78, 5) is 14.2. The van der Waals surface area contributed by atoms with E-state index in [1.54, 1.807) is 14.2 Å². The first-order valence-electron chi connectivity index (χ1n) is 6.47. The van der Waals surface area contributed by atoms with Crippen LogP contribution in [0.4, 0.5) is 0 Å². The maximum absolute atomic E-state index is 12.4. The Kier molecular flexibility index (Phi) is 6.46. The lowest BCUT2D eigenvalue weighted by Crippen LogP contribution is -2.43. The Morgan fingerprint density at radius 3 is 2.50 bits per heavy atom. The minimum Gasteiger partial charge on any atom is -0.383 e. The summed E-state index contributed by atoms with van der Waals surface area (Å²) < 4.78 is 10.2. The van der Waals surface area contributed by atoms with Crippen LogP contribution in [-0.4, -0.2) is 56.6 Å². The van der Waals surface area contributed by atoms with E-state index < -0.39 is 0 Å². The van der Waals surface area contributed by atoms with Gasteiger partial charge in [0.05, 0.1) is 19.3 Å². The lowest BCUT2D eigenvalue weighted by atomic mass is 10.0. The molecule has 0 aromatic rings. The van der Waals surface area contributed by atoms with Gasteiger partial charge in [0.25, 0.3) is 0 Å². The Labute approximate surface area is 115 Å². The Bertz CT molecular complexity index is 269. The van der Waals surface area contributed by atoms with E-state index in [-0.39, 0.29) is 17.4 Å². The first-order chi connectivity index (χ1) is 8.58. The van der Waals surface area contributed by atoms with Crippen molar-refractivity contribution >= 4 is 18.5 Å². The molecule has 18 heavy (non-hydrogen) atoms.